The first-order valence-corrected chi connectivity index (χ1v) is 9.21. The van der Waals surface area contributed by atoms with Gasteiger partial charge >= 0.3 is 0 Å². The van der Waals surface area contributed by atoms with E-state index in [1.165, 1.54) is 32.1 Å². The second-order valence-corrected chi connectivity index (χ2v) is 6.95. The van der Waals surface area contributed by atoms with Gasteiger partial charge < -0.3 is 9.80 Å². The summed E-state index contributed by atoms with van der Waals surface area (Å²) in [6, 6.07) is 3.48. The van der Waals surface area contributed by atoms with Crippen LogP contribution in [-0.2, 0) is 4.79 Å². The van der Waals surface area contributed by atoms with Crippen molar-refractivity contribution >= 4 is 11.8 Å². The number of hydrogen-bond donors (Lipinski definition) is 0. The molecule has 2 amide bonds. The second kappa shape index (κ2) is 8.27. The smallest absolute Gasteiger partial charge is 0.254 e. The minimum Gasteiger partial charge on any atom is -0.339 e. The Hall–Kier alpha value is -1.91. The van der Waals surface area contributed by atoms with E-state index in [4.69, 9.17) is 0 Å². The summed E-state index contributed by atoms with van der Waals surface area (Å²) >= 11 is 0. The van der Waals surface area contributed by atoms with Crippen LogP contribution in [0.2, 0.25) is 0 Å². The van der Waals surface area contributed by atoms with Crippen molar-refractivity contribution in [1.82, 2.24) is 14.8 Å². The second-order valence-electron chi connectivity index (χ2n) is 6.95. The Kier molecular flexibility index (Phi) is 5.83. The predicted molar refractivity (Wildman–Crippen MR) is 92.5 cm³/mol. The minimum atomic E-state index is 0.0340. The molecular formula is C19H27N3O2. The summed E-state index contributed by atoms with van der Waals surface area (Å²) in [6.07, 6.45) is 11.6. The SMILES string of the molecule is O=C(CCC1CCCCC1)N1CCN(C(=O)c2ccncc2)CC1. The van der Waals surface area contributed by atoms with E-state index in [1.807, 2.05) is 9.80 Å². The van der Waals surface area contributed by atoms with Gasteiger partial charge in [-0.15, -0.1) is 0 Å². The van der Waals surface area contributed by atoms with Crippen molar-refractivity contribution in [2.75, 3.05) is 26.2 Å². The average molecular weight is 329 g/mol. The summed E-state index contributed by atoms with van der Waals surface area (Å²) in [5.41, 5.74) is 0.669. The number of carbonyl (C=O) groups excluding carboxylic acids is 2. The third-order valence-corrected chi connectivity index (χ3v) is 5.34. The van der Waals surface area contributed by atoms with Crippen molar-refractivity contribution in [3.63, 3.8) is 0 Å². The van der Waals surface area contributed by atoms with Crippen LogP contribution in [-0.4, -0.2) is 52.8 Å². The first kappa shape index (κ1) is 16.9. The molecule has 130 valence electrons. The summed E-state index contributed by atoms with van der Waals surface area (Å²) in [5, 5.41) is 0. The predicted octanol–water partition coefficient (Wildman–Crippen LogP) is 2.73. The topological polar surface area (TPSA) is 53.5 Å². The molecule has 0 N–H and O–H groups in total. The highest BCUT2D eigenvalue weighted by molar-refractivity contribution is 5.94. The fourth-order valence-electron chi connectivity index (χ4n) is 3.80. The zero-order valence-electron chi connectivity index (χ0n) is 14.3. The van der Waals surface area contributed by atoms with E-state index in [1.54, 1.807) is 24.5 Å². The van der Waals surface area contributed by atoms with E-state index in [0.29, 0.717) is 38.2 Å². The van der Waals surface area contributed by atoms with Crippen LogP contribution in [0.1, 0.15) is 55.3 Å². The van der Waals surface area contributed by atoms with Crippen molar-refractivity contribution in [1.29, 1.82) is 0 Å². The van der Waals surface area contributed by atoms with Crippen molar-refractivity contribution in [2.24, 2.45) is 5.92 Å². The lowest BCUT2D eigenvalue weighted by molar-refractivity contribution is -0.133. The van der Waals surface area contributed by atoms with E-state index in [9.17, 15) is 9.59 Å². The number of aromatic nitrogens is 1. The number of rotatable bonds is 4. The van der Waals surface area contributed by atoms with Crippen LogP contribution in [0.25, 0.3) is 0 Å². The zero-order valence-corrected chi connectivity index (χ0v) is 14.3. The van der Waals surface area contributed by atoms with Crippen molar-refractivity contribution in [3.8, 4) is 0 Å². The normalized spacial score (nSPS) is 19.3. The number of hydrogen-bond acceptors (Lipinski definition) is 3. The van der Waals surface area contributed by atoms with Gasteiger partial charge in [0.15, 0.2) is 0 Å². The molecule has 24 heavy (non-hydrogen) atoms. The van der Waals surface area contributed by atoms with Gasteiger partial charge in [-0.05, 0) is 24.5 Å². The monoisotopic (exact) mass is 329 g/mol. The van der Waals surface area contributed by atoms with E-state index >= 15 is 0 Å². The van der Waals surface area contributed by atoms with E-state index in [-0.39, 0.29) is 11.8 Å². The maximum atomic E-state index is 12.4. The average Bonchev–Trinajstić information content (AvgIpc) is 2.67. The Morgan fingerprint density at radius 1 is 0.958 bits per heavy atom. The molecular weight excluding hydrogens is 302 g/mol. The van der Waals surface area contributed by atoms with Gasteiger partial charge in [0.05, 0.1) is 0 Å². The molecule has 0 aromatic carbocycles. The molecule has 2 aliphatic rings. The van der Waals surface area contributed by atoms with Crippen LogP contribution in [0.4, 0.5) is 0 Å². The van der Waals surface area contributed by atoms with Crippen molar-refractivity contribution in [2.45, 2.75) is 44.9 Å². The molecule has 1 saturated carbocycles. The lowest BCUT2D eigenvalue weighted by Gasteiger charge is -2.35. The third-order valence-electron chi connectivity index (χ3n) is 5.34. The number of nitrogens with zero attached hydrogens (tertiary/aromatic N) is 3. The van der Waals surface area contributed by atoms with Gasteiger partial charge in [-0.1, -0.05) is 32.1 Å². The van der Waals surface area contributed by atoms with Gasteiger partial charge in [0.2, 0.25) is 5.91 Å². The van der Waals surface area contributed by atoms with Gasteiger partial charge in [0.1, 0.15) is 0 Å². The Balaban J connectivity index is 1.42. The highest BCUT2D eigenvalue weighted by Gasteiger charge is 2.25. The molecule has 2 heterocycles. The maximum Gasteiger partial charge on any atom is 0.254 e. The molecule has 5 nitrogen and oxygen atoms in total. The minimum absolute atomic E-state index is 0.0340. The zero-order chi connectivity index (χ0) is 16.8. The summed E-state index contributed by atoms with van der Waals surface area (Å²) in [7, 11) is 0. The molecule has 5 heteroatoms. The van der Waals surface area contributed by atoms with Crippen LogP contribution in [0.5, 0.6) is 0 Å². The van der Waals surface area contributed by atoms with Crippen LogP contribution < -0.4 is 0 Å². The fraction of sp³-hybridized carbons (Fsp3) is 0.632. The Morgan fingerprint density at radius 3 is 2.25 bits per heavy atom. The maximum absolute atomic E-state index is 12.4. The Morgan fingerprint density at radius 2 is 1.58 bits per heavy atom. The summed E-state index contributed by atoms with van der Waals surface area (Å²) in [4.78, 5) is 32.5. The van der Waals surface area contributed by atoms with Crippen molar-refractivity contribution in [3.05, 3.63) is 30.1 Å². The van der Waals surface area contributed by atoms with Gasteiger partial charge in [0.25, 0.3) is 5.91 Å². The highest BCUT2D eigenvalue weighted by atomic mass is 16.2. The van der Waals surface area contributed by atoms with Gasteiger partial charge in [-0.2, -0.15) is 0 Å². The summed E-state index contributed by atoms with van der Waals surface area (Å²) in [6.45, 7) is 2.55. The first-order chi connectivity index (χ1) is 11.7. The van der Waals surface area contributed by atoms with E-state index in [2.05, 4.69) is 4.98 Å². The standard InChI is InChI=1S/C19H27N3O2/c23-18(7-6-16-4-2-1-3-5-16)21-12-14-22(15-13-21)19(24)17-8-10-20-11-9-17/h8-11,16H,1-7,12-15H2. The molecule has 1 aromatic heterocycles. The van der Waals surface area contributed by atoms with Crippen LogP contribution in [0.15, 0.2) is 24.5 Å². The molecule has 0 unspecified atom stereocenters. The lowest BCUT2D eigenvalue weighted by atomic mass is 9.86. The van der Waals surface area contributed by atoms with Crippen LogP contribution in [0, 0.1) is 5.92 Å². The van der Waals surface area contributed by atoms with E-state index < -0.39 is 0 Å². The van der Waals surface area contributed by atoms with Crippen LogP contribution in [0.3, 0.4) is 0 Å². The summed E-state index contributed by atoms with van der Waals surface area (Å²) < 4.78 is 0. The first-order valence-electron chi connectivity index (χ1n) is 9.21. The molecule has 1 aliphatic heterocycles. The molecule has 1 aliphatic carbocycles. The number of carbonyl (C=O) groups is 2. The van der Waals surface area contributed by atoms with Crippen LogP contribution >= 0.6 is 0 Å². The molecule has 2 fully saturated rings. The Bertz CT molecular complexity index is 547. The van der Waals surface area contributed by atoms with Crippen molar-refractivity contribution < 1.29 is 9.59 Å². The third kappa shape index (κ3) is 4.34. The fourth-order valence-corrected chi connectivity index (χ4v) is 3.80. The molecule has 1 aromatic rings. The molecule has 0 radical (unpaired) electrons. The molecule has 0 atom stereocenters. The van der Waals surface area contributed by atoms with Gasteiger partial charge in [-0.3, -0.25) is 14.6 Å². The number of pyridine rings is 1. The van der Waals surface area contributed by atoms with Gasteiger partial charge in [0, 0.05) is 50.6 Å². The molecule has 0 bridgehead atoms. The quantitative estimate of drug-likeness (QED) is 0.853. The Labute approximate surface area is 144 Å². The van der Waals surface area contributed by atoms with Gasteiger partial charge in [-0.25, -0.2) is 0 Å². The molecule has 3 rings (SSSR count). The lowest BCUT2D eigenvalue weighted by Crippen LogP contribution is -2.50. The summed E-state index contributed by atoms with van der Waals surface area (Å²) in [5.74, 6) is 1.04. The van der Waals surface area contributed by atoms with E-state index in [0.717, 1.165) is 12.3 Å². The highest BCUT2D eigenvalue weighted by Crippen LogP contribution is 2.27. The molecule has 1 saturated heterocycles. The molecule has 0 spiro atoms. The number of amides is 2. The largest absolute Gasteiger partial charge is 0.339 e. The number of piperazine rings is 1.